The third kappa shape index (κ3) is 4.74. The fourth-order valence-corrected chi connectivity index (χ4v) is 1.91. The first-order valence-corrected chi connectivity index (χ1v) is 6.26. The minimum atomic E-state index is -0.886. The Labute approximate surface area is 82.4 Å². The molecular formula is C9H19NO2S. The van der Waals surface area contributed by atoms with Crippen LogP contribution in [0.25, 0.3) is 0 Å². The molecule has 0 saturated heterocycles. The second kappa shape index (κ2) is 5.08. The van der Waals surface area contributed by atoms with Gasteiger partial charge in [0.1, 0.15) is 0 Å². The summed E-state index contributed by atoms with van der Waals surface area (Å²) >= 11 is 0. The van der Waals surface area contributed by atoms with Crippen LogP contribution < -0.4 is 5.32 Å². The number of rotatable bonds is 6. The van der Waals surface area contributed by atoms with Gasteiger partial charge in [-0.3, -0.25) is 4.21 Å². The molecule has 1 aliphatic rings. The van der Waals surface area contributed by atoms with E-state index in [1.807, 2.05) is 13.8 Å². The molecule has 0 spiro atoms. The summed E-state index contributed by atoms with van der Waals surface area (Å²) in [5.41, 5.74) is 0. The maximum absolute atomic E-state index is 11.3. The molecule has 0 radical (unpaired) electrons. The van der Waals surface area contributed by atoms with E-state index in [1.54, 1.807) is 0 Å². The first-order chi connectivity index (χ1) is 6.09. The molecule has 13 heavy (non-hydrogen) atoms. The summed E-state index contributed by atoms with van der Waals surface area (Å²) in [5, 5.41) is 12.9. The first-order valence-electron chi connectivity index (χ1n) is 4.88. The van der Waals surface area contributed by atoms with Gasteiger partial charge in [-0.05, 0) is 12.8 Å². The van der Waals surface area contributed by atoms with Crippen molar-refractivity contribution in [3.8, 4) is 0 Å². The van der Waals surface area contributed by atoms with Gasteiger partial charge >= 0.3 is 0 Å². The maximum atomic E-state index is 11.3. The fourth-order valence-electron chi connectivity index (χ4n) is 1.03. The van der Waals surface area contributed by atoms with Gasteiger partial charge in [-0.25, -0.2) is 0 Å². The number of aliphatic hydroxyl groups excluding tert-OH is 1. The van der Waals surface area contributed by atoms with Crippen LogP contribution in [0.2, 0.25) is 0 Å². The lowest BCUT2D eigenvalue weighted by molar-refractivity contribution is 0.194. The van der Waals surface area contributed by atoms with Crippen molar-refractivity contribution >= 4 is 10.8 Å². The molecule has 78 valence electrons. The summed E-state index contributed by atoms with van der Waals surface area (Å²) in [6.07, 6.45) is 1.99. The number of hydrogen-bond donors (Lipinski definition) is 2. The Kier molecular flexibility index (Phi) is 4.35. The molecule has 1 aliphatic carbocycles. The van der Waals surface area contributed by atoms with E-state index < -0.39 is 16.9 Å². The Bertz CT molecular complexity index is 180. The molecule has 2 unspecified atom stereocenters. The smallest absolute Gasteiger partial charge is 0.0779 e. The zero-order valence-corrected chi connectivity index (χ0v) is 9.14. The average Bonchev–Trinajstić information content (AvgIpc) is 2.83. The monoisotopic (exact) mass is 205 g/mol. The van der Waals surface area contributed by atoms with Crippen molar-refractivity contribution in [1.29, 1.82) is 0 Å². The molecule has 2 atom stereocenters. The topological polar surface area (TPSA) is 49.3 Å². The lowest BCUT2D eigenvalue weighted by Crippen LogP contribution is -2.33. The van der Waals surface area contributed by atoms with E-state index in [1.165, 1.54) is 12.8 Å². The molecule has 4 heteroatoms. The molecule has 0 aromatic heterocycles. The molecule has 0 aromatic rings. The van der Waals surface area contributed by atoms with Gasteiger partial charge in [-0.1, -0.05) is 13.8 Å². The third-order valence-electron chi connectivity index (χ3n) is 2.10. The summed E-state index contributed by atoms with van der Waals surface area (Å²) in [4.78, 5) is 0. The van der Waals surface area contributed by atoms with Crippen LogP contribution in [0.5, 0.6) is 0 Å². The number of aliphatic hydroxyl groups is 1. The van der Waals surface area contributed by atoms with Crippen LogP contribution in [0, 0.1) is 0 Å². The Morgan fingerprint density at radius 1 is 1.54 bits per heavy atom. The van der Waals surface area contributed by atoms with Crippen LogP contribution in [0.15, 0.2) is 0 Å². The van der Waals surface area contributed by atoms with Crippen LogP contribution in [-0.2, 0) is 10.8 Å². The van der Waals surface area contributed by atoms with Crippen molar-refractivity contribution in [2.45, 2.75) is 44.1 Å². The number of nitrogens with one attached hydrogen (secondary N) is 1. The minimum Gasteiger partial charge on any atom is -0.391 e. The van der Waals surface area contributed by atoms with Crippen LogP contribution >= 0.6 is 0 Å². The van der Waals surface area contributed by atoms with Crippen molar-refractivity contribution in [2.75, 3.05) is 12.3 Å². The first kappa shape index (κ1) is 11.1. The van der Waals surface area contributed by atoms with Crippen molar-refractivity contribution < 1.29 is 9.32 Å². The van der Waals surface area contributed by atoms with Crippen molar-refractivity contribution in [2.24, 2.45) is 0 Å². The maximum Gasteiger partial charge on any atom is 0.0779 e. The van der Waals surface area contributed by atoms with Crippen molar-refractivity contribution in [3.05, 3.63) is 0 Å². The molecule has 1 rings (SSSR count). The molecule has 0 amide bonds. The highest BCUT2D eigenvalue weighted by molar-refractivity contribution is 7.85. The molecule has 0 aromatic carbocycles. The second-order valence-corrected chi connectivity index (χ2v) is 5.97. The van der Waals surface area contributed by atoms with Crippen molar-refractivity contribution in [1.82, 2.24) is 5.32 Å². The van der Waals surface area contributed by atoms with Crippen LogP contribution in [0.3, 0.4) is 0 Å². The van der Waals surface area contributed by atoms with E-state index in [4.69, 9.17) is 0 Å². The molecule has 0 heterocycles. The van der Waals surface area contributed by atoms with E-state index in [0.29, 0.717) is 18.3 Å². The van der Waals surface area contributed by atoms with Gasteiger partial charge < -0.3 is 10.4 Å². The molecular weight excluding hydrogens is 186 g/mol. The summed E-state index contributed by atoms with van der Waals surface area (Å²) in [7, 11) is -0.886. The van der Waals surface area contributed by atoms with Crippen molar-refractivity contribution in [3.63, 3.8) is 0 Å². The normalized spacial score (nSPS) is 21.8. The molecule has 3 nitrogen and oxygen atoms in total. The average molecular weight is 205 g/mol. The zero-order valence-electron chi connectivity index (χ0n) is 8.32. The Morgan fingerprint density at radius 2 is 2.15 bits per heavy atom. The van der Waals surface area contributed by atoms with Gasteiger partial charge in [-0.15, -0.1) is 0 Å². The van der Waals surface area contributed by atoms with Crippen LogP contribution in [0.4, 0.5) is 0 Å². The van der Waals surface area contributed by atoms with Gasteiger partial charge in [0.2, 0.25) is 0 Å². The number of hydrogen-bond acceptors (Lipinski definition) is 3. The van der Waals surface area contributed by atoms with Gasteiger partial charge in [-0.2, -0.15) is 0 Å². The largest absolute Gasteiger partial charge is 0.391 e. The van der Waals surface area contributed by atoms with E-state index in [2.05, 4.69) is 5.32 Å². The van der Waals surface area contributed by atoms with E-state index in [-0.39, 0.29) is 5.25 Å². The Hall–Kier alpha value is 0.0700. The highest BCUT2D eigenvalue weighted by Gasteiger charge is 2.22. The lowest BCUT2D eigenvalue weighted by atomic mass is 10.4. The summed E-state index contributed by atoms with van der Waals surface area (Å²) < 4.78 is 11.3. The van der Waals surface area contributed by atoms with E-state index >= 15 is 0 Å². The predicted octanol–water partition coefficient (Wildman–Crippen LogP) is 0.256. The lowest BCUT2D eigenvalue weighted by Gasteiger charge is -2.12. The molecule has 0 bridgehead atoms. The van der Waals surface area contributed by atoms with E-state index in [0.717, 1.165) is 0 Å². The summed E-state index contributed by atoms with van der Waals surface area (Å²) in [6.45, 7) is 4.41. The molecule has 1 fully saturated rings. The SMILES string of the molecule is CC(C)S(=O)CC(O)CNC1CC1. The van der Waals surface area contributed by atoms with Crippen LogP contribution in [-0.4, -0.2) is 39.0 Å². The summed E-state index contributed by atoms with van der Waals surface area (Å²) in [6, 6.07) is 0.613. The third-order valence-corrected chi connectivity index (χ3v) is 3.87. The predicted molar refractivity (Wildman–Crippen MR) is 55.2 cm³/mol. The van der Waals surface area contributed by atoms with Gasteiger partial charge in [0, 0.05) is 28.6 Å². The molecule has 2 N–H and O–H groups in total. The van der Waals surface area contributed by atoms with Gasteiger partial charge in [0.15, 0.2) is 0 Å². The zero-order chi connectivity index (χ0) is 9.84. The highest BCUT2D eigenvalue weighted by Crippen LogP contribution is 2.18. The quantitative estimate of drug-likeness (QED) is 0.654. The minimum absolute atomic E-state index is 0.149. The molecule has 0 aliphatic heterocycles. The molecule has 1 saturated carbocycles. The van der Waals surface area contributed by atoms with Gasteiger partial charge in [0.25, 0.3) is 0 Å². The Morgan fingerprint density at radius 3 is 2.62 bits per heavy atom. The Balaban J connectivity index is 2.08. The highest BCUT2D eigenvalue weighted by atomic mass is 32.2. The fraction of sp³-hybridized carbons (Fsp3) is 1.00. The van der Waals surface area contributed by atoms with Crippen LogP contribution in [0.1, 0.15) is 26.7 Å². The standard InChI is InChI=1S/C9H19NO2S/c1-7(2)13(12)6-9(11)5-10-8-3-4-8/h7-11H,3-6H2,1-2H3. The van der Waals surface area contributed by atoms with E-state index in [9.17, 15) is 9.32 Å². The van der Waals surface area contributed by atoms with Gasteiger partial charge in [0.05, 0.1) is 11.9 Å². The summed E-state index contributed by atoms with van der Waals surface area (Å²) in [5.74, 6) is 0.400. The second-order valence-electron chi connectivity index (χ2n) is 3.93.